The molecule has 3 fully saturated rings. The van der Waals surface area contributed by atoms with Crippen LogP contribution in [0.25, 0.3) is 0 Å². The molecule has 0 spiro atoms. The highest BCUT2D eigenvalue weighted by molar-refractivity contribution is 5.92. The fourth-order valence-corrected chi connectivity index (χ4v) is 4.69. The molecule has 1 N–H and O–H groups in total. The highest BCUT2D eigenvalue weighted by Crippen LogP contribution is 2.57. The molecule has 5 nitrogen and oxygen atoms in total. The fourth-order valence-electron chi connectivity index (χ4n) is 4.69. The average Bonchev–Trinajstić information content (AvgIpc) is 2.85. The predicted octanol–water partition coefficient (Wildman–Crippen LogP) is 2.70. The van der Waals surface area contributed by atoms with Crippen LogP contribution in [0.2, 0.25) is 0 Å². The Morgan fingerprint density at radius 1 is 1.44 bits per heavy atom. The minimum Gasteiger partial charge on any atom is -0.458 e. The van der Waals surface area contributed by atoms with Crippen LogP contribution in [0.3, 0.4) is 0 Å². The van der Waals surface area contributed by atoms with Crippen LogP contribution in [-0.4, -0.2) is 35.4 Å². The molecule has 136 valence electrons. The van der Waals surface area contributed by atoms with Crippen LogP contribution in [0.4, 0.5) is 0 Å². The van der Waals surface area contributed by atoms with E-state index in [-0.39, 0.29) is 11.8 Å². The summed E-state index contributed by atoms with van der Waals surface area (Å²) in [4.78, 5) is 24.5. The molecule has 0 aromatic heterocycles. The Hall–Kier alpha value is -1.88. The largest absolute Gasteiger partial charge is 0.458 e. The van der Waals surface area contributed by atoms with Crippen molar-refractivity contribution in [2.75, 3.05) is 0 Å². The number of aliphatic hydroxyl groups is 1. The van der Waals surface area contributed by atoms with Crippen molar-refractivity contribution in [3.05, 3.63) is 36.0 Å². The molecule has 1 saturated heterocycles. The van der Waals surface area contributed by atoms with E-state index in [1.807, 2.05) is 6.92 Å². The predicted molar refractivity (Wildman–Crippen MR) is 92.4 cm³/mol. The normalized spacial score (nSPS) is 41.0. The first-order valence-corrected chi connectivity index (χ1v) is 8.80. The zero-order valence-electron chi connectivity index (χ0n) is 15.1. The van der Waals surface area contributed by atoms with Crippen LogP contribution in [0.1, 0.15) is 40.0 Å². The maximum atomic E-state index is 12.3. The lowest BCUT2D eigenvalue weighted by molar-refractivity contribution is -0.175. The van der Waals surface area contributed by atoms with E-state index < -0.39 is 35.7 Å². The number of esters is 2. The van der Waals surface area contributed by atoms with Gasteiger partial charge in [0.05, 0.1) is 12.0 Å². The van der Waals surface area contributed by atoms with Crippen LogP contribution in [0, 0.1) is 17.3 Å². The van der Waals surface area contributed by atoms with Crippen molar-refractivity contribution < 1.29 is 24.2 Å². The van der Waals surface area contributed by atoms with E-state index in [0.717, 1.165) is 5.57 Å². The van der Waals surface area contributed by atoms with E-state index in [1.165, 1.54) is 0 Å². The summed E-state index contributed by atoms with van der Waals surface area (Å²) in [5.41, 5.74) is 1.29. The molecule has 0 aromatic carbocycles. The summed E-state index contributed by atoms with van der Waals surface area (Å²) in [5, 5.41) is 10.7. The van der Waals surface area contributed by atoms with Crippen LogP contribution < -0.4 is 0 Å². The third-order valence-corrected chi connectivity index (χ3v) is 6.30. The van der Waals surface area contributed by atoms with E-state index in [0.29, 0.717) is 30.4 Å². The molecule has 5 heteroatoms. The molecule has 0 amide bonds. The van der Waals surface area contributed by atoms with Crippen molar-refractivity contribution in [1.29, 1.82) is 0 Å². The van der Waals surface area contributed by atoms with Gasteiger partial charge in [-0.15, -0.1) is 0 Å². The summed E-state index contributed by atoms with van der Waals surface area (Å²) < 4.78 is 11.3. The summed E-state index contributed by atoms with van der Waals surface area (Å²) >= 11 is 0. The van der Waals surface area contributed by atoms with Gasteiger partial charge in [-0.1, -0.05) is 31.7 Å². The van der Waals surface area contributed by atoms with Gasteiger partial charge >= 0.3 is 11.9 Å². The molecule has 0 aromatic rings. The Kier molecular flexibility index (Phi) is 4.40. The van der Waals surface area contributed by atoms with E-state index >= 15 is 0 Å². The molecule has 0 unspecified atom stereocenters. The minimum atomic E-state index is -0.555. The summed E-state index contributed by atoms with van der Waals surface area (Å²) in [6.07, 6.45) is 1.88. The molecular weight excluding hydrogens is 320 g/mol. The monoisotopic (exact) mass is 346 g/mol. The van der Waals surface area contributed by atoms with Crippen molar-refractivity contribution in [2.24, 2.45) is 17.3 Å². The molecule has 1 heterocycles. The second-order valence-electron chi connectivity index (χ2n) is 7.74. The Morgan fingerprint density at radius 2 is 2.12 bits per heavy atom. The number of carbonyl (C=O) groups is 2. The highest BCUT2D eigenvalue weighted by Gasteiger charge is 2.62. The lowest BCUT2D eigenvalue weighted by Gasteiger charge is -2.54. The van der Waals surface area contributed by atoms with Gasteiger partial charge in [-0.3, -0.25) is 0 Å². The van der Waals surface area contributed by atoms with Crippen molar-refractivity contribution in [3.8, 4) is 0 Å². The summed E-state index contributed by atoms with van der Waals surface area (Å²) in [6.45, 7) is 13.5. The van der Waals surface area contributed by atoms with Crippen LogP contribution in [0.5, 0.6) is 0 Å². The van der Waals surface area contributed by atoms with E-state index in [1.54, 1.807) is 19.9 Å². The topological polar surface area (TPSA) is 72.8 Å². The molecule has 6 atom stereocenters. The molecule has 1 aliphatic heterocycles. The van der Waals surface area contributed by atoms with Gasteiger partial charge in [-0.05, 0) is 33.1 Å². The van der Waals surface area contributed by atoms with Gasteiger partial charge in [0.15, 0.2) is 0 Å². The van der Waals surface area contributed by atoms with Crippen molar-refractivity contribution in [2.45, 2.75) is 58.3 Å². The number of fused-ring (bicyclic) bond motifs is 3. The van der Waals surface area contributed by atoms with Crippen molar-refractivity contribution in [3.63, 3.8) is 0 Å². The maximum absolute atomic E-state index is 12.3. The Bertz CT molecular complexity index is 676. The minimum absolute atomic E-state index is 0.151. The zero-order valence-corrected chi connectivity index (χ0v) is 15.1. The number of aliphatic hydroxyl groups excluding tert-OH is 1. The quantitative estimate of drug-likeness (QED) is 0.473. The van der Waals surface area contributed by atoms with Gasteiger partial charge < -0.3 is 14.6 Å². The molecule has 25 heavy (non-hydrogen) atoms. The molecule has 0 bridgehead atoms. The Balaban J connectivity index is 1.99. The van der Waals surface area contributed by atoms with E-state index in [4.69, 9.17) is 9.47 Å². The van der Waals surface area contributed by atoms with Crippen LogP contribution in [0.15, 0.2) is 36.0 Å². The van der Waals surface area contributed by atoms with Gasteiger partial charge in [0.1, 0.15) is 12.2 Å². The number of carbonyl (C=O) groups excluding carboxylic acids is 2. The number of hydrogen-bond donors (Lipinski definition) is 1. The van der Waals surface area contributed by atoms with E-state index in [2.05, 4.69) is 13.2 Å². The third kappa shape index (κ3) is 2.65. The van der Waals surface area contributed by atoms with E-state index in [9.17, 15) is 14.7 Å². The smallest absolute Gasteiger partial charge is 0.334 e. The zero-order chi connectivity index (χ0) is 18.5. The van der Waals surface area contributed by atoms with Crippen molar-refractivity contribution in [1.82, 2.24) is 0 Å². The second kappa shape index (κ2) is 6.13. The number of rotatable bonds is 2. The van der Waals surface area contributed by atoms with Crippen LogP contribution >= 0.6 is 0 Å². The second-order valence-corrected chi connectivity index (χ2v) is 7.74. The molecular formula is C20H26O5. The summed E-state index contributed by atoms with van der Waals surface area (Å²) in [5.74, 6) is -1.40. The number of hydrogen-bond acceptors (Lipinski definition) is 5. The molecule has 0 radical (unpaired) electrons. The third-order valence-electron chi connectivity index (χ3n) is 6.30. The molecule has 3 rings (SSSR count). The van der Waals surface area contributed by atoms with Gasteiger partial charge in [0.2, 0.25) is 0 Å². The van der Waals surface area contributed by atoms with Crippen LogP contribution in [-0.2, 0) is 19.1 Å². The fraction of sp³-hybridized carbons (Fsp3) is 0.600. The molecule has 2 aliphatic carbocycles. The first-order chi connectivity index (χ1) is 11.7. The standard InChI is InChI=1S/C20H26O5/c1-6-10(2)18(22)24-13-9-20(5)14(21)8-7-11(3)16(20)17-15(13)12(4)19(23)25-17/h6,13-17,21H,3-4,7-9H2,1-2,5H3/t13-,14-,15-,16-,17+,20+/m0/s1. The lowest BCUT2D eigenvalue weighted by Crippen LogP contribution is -2.58. The highest BCUT2D eigenvalue weighted by atomic mass is 16.6. The SMILES string of the molecule is C=C1C(=O)O[C@@H]2[C@@H]1[C@@H](OC(=O)C(C)=CC)C[C@]1(C)[C@@H](O)CCC(=C)[C@@H]21. The lowest BCUT2D eigenvalue weighted by atomic mass is 9.53. The Morgan fingerprint density at radius 3 is 2.76 bits per heavy atom. The molecule has 2 saturated carbocycles. The maximum Gasteiger partial charge on any atom is 0.334 e. The van der Waals surface area contributed by atoms with Gasteiger partial charge in [-0.2, -0.15) is 0 Å². The Labute approximate surface area is 148 Å². The first-order valence-electron chi connectivity index (χ1n) is 8.80. The van der Waals surface area contributed by atoms with Gasteiger partial charge in [0.25, 0.3) is 0 Å². The molecule has 3 aliphatic rings. The van der Waals surface area contributed by atoms with Crippen molar-refractivity contribution >= 4 is 11.9 Å². The number of ether oxygens (including phenoxy) is 2. The van der Waals surface area contributed by atoms with Gasteiger partial charge in [-0.25, -0.2) is 9.59 Å². The summed E-state index contributed by atoms with van der Waals surface area (Å²) in [7, 11) is 0. The summed E-state index contributed by atoms with van der Waals surface area (Å²) in [6, 6.07) is 0. The van der Waals surface area contributed by atoms with Gasteiger partial charge in [0, 0.05) is 22.5 Å². The first kappa shape index (κ1) is 17.9. The number of allylic oxidation sites excluding steroid dienone is 1. The average molecular weight is 346 g/mol.